The fourth-order valence-electron chi connectivity index (χ4n) is 6.80. The molecule has 4 heterocycles. The molecule has 2 aliphatic heterocycles. The summed E-state index contributed by atoms with van der Waals surface area (Å²) in [4.78, 5) is 54.7. The van der Waals surface area contributed by atoms with E-state index in [9.17, 15) is 14.4 Å². The average Bonchev–Trinajstić information content (AvgIpc) is 3.18. The molecule has 1 atom stereocenters. The molecule has 2 saturated heterocycles. The summed E-state index contributed by atoms with van der Waals surface area (Å²) in [5.74, 6) is -0.204. The van der Waals surface area contributed by atoms with Crippen LogP contribution in [0.2, 0.25) is 0 Å². The van der Waals surface area contributed by atoms with Gasteiger partial charge in [0.05, 0.1) is 5.69 Å². The van der Waals surface area contributed by atoms with Crippen LogP contribution in [0.1, 0.15) is 47.2 Å². The van der Waals surface area contributed by atoms with E-state index in [0.29, 0.717) is 36.1 Å². The lowest BCUT2D eigenvalue weighted by Gasteiger charge is -2.38. The molecule has 3 amide bonds. The maximum atomic E-state index is 13.2. The van der Waals surface area contributed by atoms with Crippen molar-refractivity contribution in [3.8, 4) is 11.3 Å². The van der Waals surface area contributed by atoms with Crippen LogP contribution < -0.4 is 26.2 Å². The molecule has 2 aromatic heterocycles. The highest BCUT2D eigenvalue weighted by molar-refractivity contribution is 6.04. The molecule has 270 valence electrons. The van der Waals surface area contributed by atoms with Crippen LogP contribution >= 0.6 is 0 Å². The minimum absolute atomic E-state index is 0.179. The number of hydrogen-bond acceptors (Lipinski definition) is 10. The maximum absolute atomic E-state index is 13.2. The van der Waals surface area contributed by atoms with E-state index in [0.717, 1.165) is 66.4 Å². The zero-order valence-corrected chi connectivity index (χ0v) is 29.9. The van der Waals surface area contributed by atoms with Gasteiger partial charge in [-0.1, -0.05) is 18.2 Å². The summed E-state index contributed by atoms with van der Waals surface area (Å²) >= 11 is 0. The standard InChI is InChI=1S/C41H43N9O3/c1-27-5-10-32(24-37(27)47-41-43-21-17-35(46-41)30-4-3-20-42-25-30)45-39(52)29-8-13-34(14-9-29)50-22-18-33(19-23-50)49(2)26-28-6-11-31(12-7-28)44-36-15-16-38(51)48-40(36)53/h3-14,17,20-21,24-25,33,36,44H,15-16,18-19,22-23,26H2,1-2H3,(H,45,52)(H,43,46,47)(H,48,51,53). The van der Waals surface area contributed by atoms with Gasteiger partial charge in [-0.15, -0.1) is 0 Å². The van der Waals surface area contributed by atoms with Gasteiger partial charge in [0.25, 0.3) is 5.91 Å². The predicted molar refractivity (Wildman–Crippen MR) is 207 cm³/mol. The van der Waals surface area contributed by atoms with Gasteiger partial charge >= 0.3 is 0 Å². The molecule has 2 aliphatic rings. The Morgan fingerprint density at radius 3 is 2.43 bits per heavy atom. The highest BCUT2D eigenvalue weighted by Crippen LogP contribution is 2.27. The molecule has 0 bridgehead atoms. The molecule has 0 spiro atoms. The van der Waals surface area contributed by atoms with E-state index in [1.165, 1.54) is 5.56 Å². The second-order valence-electron chi connectivity index (χ2n) is 13.6. The third kappa shape index (κ3) is 8.85. The summed E-state index contributed by atoms with van der Waals surface area (Å²) < 4.78 is 0. The van der Waals surface area contributed by atoms with Gasteiger partial charge in [0.15, 0.2) is 0 Å². The number of piperidine rings is 2. The summed E-state index contributed by atoms with van der Waals surface area (Å²) in [5.41, 5.74) is 7.90. The minimum Gasteiger partial charge on any atom is -0.374 e. The third-order valence-electron chi connectivity index (χ3n) is 9.90. The molecule has 12 heteroatoms. The van der Waals surface area contributed by atoms with Crippen molar-refractivity contribution in [3.63, 3.8) is 0 Å². The van der Waals surface area contributed by atoms with Crippen LogP contribution in [0.4, 0.5) is 28.7 Å². The Morgan fingerprint density at radius 2 is 1.70 bits per heavy atom. The van der Waals surface area contributed by atoms with Gasteiger partial charge in [-0.3, -0.25) is 29.6 Å². The zero-order valence-electron chi connectivity index (χ0n) is 29.9. The van der Waals surface area contributed by atoms with Crippen molar-refractivity contribution in [2.24, 2.45) is 0 Å². The lowest BCUT2D eigenvalue weighted by atomic mass is 10.0. The van der Waals surface area contributed by atoms with Crippen LogP contribution in [-0.2, 0) is 16.1 Å². The maximum Gasteiger partial charge on any atom is 0.255 e. The van der Waals surface area contributed by atoms with Crippen molar-refractivity contribution in [1.82, 2.24) is 25.2 Å². The number of benzene rings is 3. The van der Waals surface area contributed by atoms with Crippen molar-refractivity contribution < 1.29 is 14.4 Å². The van der Waals surface area contributed by atoms with E-state index < -0.39 is 0 Å². The molecule has 0 radical (unpaired) electrons. The number of aromatic nitrogens is 3. The quantitative estimate of drug-likeness (QED) is 0.118. The fraction of sp³-hybridized carbons (Fsp3) is 0.268. The number of aryl methyl sites for hydroxylation is 1. The molecule has 0 saturated carbocycles. The summed E-state index contributed by atoms with van der Waals surface area (Å²) in [6.07, 6.45) is 8.13. The second kappa shape index (κ2) is 16.0. The Morgan fingerprint density at radius 1 is 0.925 bits per heavy atom. The van der Waals surface area contributed by atoms with Crippen molar-refractivity contribution in [2.45, 2.75) is 51.2 Å². The van der Waals surface area contributed by atoms with E-state index >= 15 is 0 Å². The van der Waals surface area contributed by atoms with E-state index in [1.807, 2.05) is 79.7 Å². The van der Waals surface area contributed by atoms with Gasteiger partial charge in [-0.2, -0.15) is 0 Å². The third-order valence-corrected chi connectivity index (χ3v) is 9.90. The van der Waals surface area contributed by atoms with E-state index in [1.54, 1.807) is 18.6 Å². The number of nitrogens with one attached hydrogen (secondary N) is 4. The smallest absolute Gasteiger partial charge is 0.255 e. The highest BCUT2D eigenvalue weighted by atomic mass is 16.2. The number of anilines is 5. The Balaban J connectivity index is 0.888. The Bertz CT molecular complexity index is 2070. The summed E-state index contributed by atoms with van der Waals surface area (Å²) in [6, 6.07) is 27.4. The van der Waals surface area contributed by atoms with Crippen LogP contribution in [-0.4, -0.2) is 69.8 Å². The van der Waals surface area contributed by atoms with Gasteiger partial charge in [0.2, 0.25) is 17.8 Å². The SMILES string of the molecule is Cc1ccc(NC(=O)c2ccc(N3CCC(N(C)Cc4ccc(NC5CCC(=O)NC5=O)cc4)CC3)cc2)cc1Nc1nccc(-c2cccnc2)n1. The Hall–Kier alpha value is -6.14. The number of rotatable bonds is 11. The van der Waals surface area contributed by atoms with Gasteiger partial charge in [-0.25, -0.2) is 9.97 Å². The molecule has 7 rings (SSSR count). The molecule has 2 fully saturated rings. The molecule has 3 aromatic carbocycles. The fourth-order valence-corrected chi connectivity index (χ4v) is 6.80. The Labute approximate surface area is 309 Å². The predicted octanol–water partition coefficient (Wildman–Crippen LogP) is 6.16. The number of amides is 3. The van der Waals surface area contributed by atoms with Gasteiger partial charge in [0, 0.05) is 84.6 Å². The Kier molecular flexibility index (Phi) is 10.7. The largest absolute Gasteiger partial charge is 0.374 e. The summed E-state index contributed by atoms with van der Waals surface area (Å²) in [5, 5.41) is 12.0. The molecule has 53 heavy (non-hydrogen) atoms. The first-order valence-electron chi connectivity index (χ1n) is 17.9. The number of carbonyl (C=O) groups is 3. The molecule has 12 nitrogen and oxygen atoms in total. The van der Waals surface area contributed by atoms with Crippen LogP contribution in [0, 0.1) is 6.92 Å². The van der Waals surface area contributed by atoms with Crippen molar-refractivity contribution in [2.75, 3.05) is 41.0 Å². The van der Waals surface area contributed by atoms with Gasteiger partial charge in [-0.05, 0) is 111 Å². The average molecular weight is 710 g/mol. The minimum atomic E-state index is -0.389. The van der Waals surface area contributed by atoms with Crippen LogP contribution in [0.3, 0.4) is 0 Å². The van der Waals surface area contributed by atoms with Gasteiger partial charge in [0.1, 0.15) is 6.04 Å². The van der Waals surface area contributed by atoms with E-state index in [-0.39, 0.29) is 23.8 Å². The number of hydrogen-bond donors (Lipinski definition) is 4. The summed E-state index contributed by atoms with van der Waals surface area (Å²) in [7, 11) is 2.17. The van der Waals surface area contributed by atoms with Crippen molar-refractivity contribution >= 4 is 46.4 Å². The molecular formula is C41H43N9O3. The van der Waals surface area contributed by atoms with Gasteiger partial charge < -0.3 is 20.9 Å². The van der Waals surface area contributed by atoms with Crippen molar-refractivity contribution in [3.05, 3.63) is 120 Å². The van der Waals surface area contributed by atoms with Crippen molar-refractivity contribution in [1.29, 1.82) is 0 Å². The van der Waals surface area contributed by atoms with Crippen LogP contribution in [0.5, 0.6) is 0 Å². The normalized spacial score (nSPS) is 16.3. The van der Waals surface area contributed by atoms with E-state index in [4.69, 9.17) is 0 Å². The lowest BCUT2D eigenvalue weighted by Crippen LogP contribution is -2.47. The molecule has 5 aromatic rings. The first-order valence-corrected chi connectivity index (χ1v) is 17.9. The number of carbonyl (C=O) groups excluding carboxylic acids is 3. The molecule has 0 aliphatic carbocycles. The van der Waals surface area contributed by atoms with Crippen LogP contribution in [0.25, 0.3) is 11.3 Å². The highest BCUT2D eigenvalue weighted by Gasteiger charge is 2.26. The topological polar surface area (TPSA) is 144 Å². The first kappa shape index (κ1) is 35.3. The van der Waals surface area contributed by atoms with Crippen LogP contribution in [0.15, 0.2) is 104 Å². The second-order valence-corrected chi connectivity index (χ2v) is 13.6. The number of nitrogens with zero attached hydrogens (tertiary/aromatic N) is 5. The molecule has 1 unspecified atom stereocenters. The number of pyridine rings is 1. The molecular weight excluding hydrogens is 667 g/mol. The molecule has 4 N–H and O–H groups in total. The first-order chi connectivity index (χ1) is 25.8. The zero-order chi connectivity index (χ0) is 36.7. The monoisotopic (exact) mass is 709 g/mol. The summed E-state index contributed by atoms with van der Waals surface area (Å²) in [6.45, 7) is 4.69. The number of imide groups is 1. The lowest BCUT2D eigenvalue weighted by molar-refractivity contribution is -0.133. The van der Waals surface area contributed by atoms with E-state index in [2.05, 4.69) is 65.2 Å².